The van der Waals surface area contributed by atoms with Crippen LogP contribution in [-0.2, 0) is 16.2 Å². The molecule has 3 aromatic rings. The van der Waals surface area contributed by atoms with Gasteiger partial charge in [-0.25, -0.2) is 4.39 Å². The highest BCUT2D eigenvalue weighted by molar-refractivity contribution is 14.1. The van der Waals surface area contributed by atoms with E-state index in [0.717, 1.165) is 28.3 Å². The van der Waals surface area contributed by atoms with E-state index >= 15 is 0 Å². The molecular formula is C26H18Cl2FIN2O5S. The largest absolute Gasteiger partial charge is 0.493 e. The highest BCUT2D eigenvalue weighted by atomic mass is 127. The third kappa shape index (κ3) is 6.79. The molecule has 38 heavy (non-hydrogen) atoms. The second-order valence-corrected chi connectivity index (χ2v) is 10.9. The fraction of sp³-hybridized carbons (Fsp3) is 0.115. The first-order valence-electron chi connectivity index (χ1n) is 10.9. The Kier molecular flexibility index (Phi) is 9.19. The molecular weight excluding hydrogens is 669 g/mol. The van der Waals surface area contributed by atoms with Crippen LogP contribution in [0, 0.1) is 9.39 Å². The van der Waals surface area contributed by atoms with Gasteiger partial charge in [-0.1, -0.05) is 35.3 Å². The summed E-state index contributed by atoms with van der Waals surface area (Å²) in [5.41, 5.74) is 1.64. The lowest BCUT2D eigenvalue weighted by Crippen LogP contribution is -2.36. The first kappa shape index (κ1) is 28.2. The highest BCUT2D eigenvalue weighted by Gasteiger charge is 2.36. The number of carbonyl (C=O) groups excluding carboxylic acids is 3. The van der Waals surface area contributed by atoms with Gasteiger partial charge in [0.2, 0.25) is 5.91 Å². The lowest BCUT2D eigenvalue weighted by molar-refractivity contribution is -0.127. The predicted octanol–water partition coefficient (Wildman–Crippen LogP) is 7.00. The van der Waals surface area contributed by atoms with E-state index in [2.05, 4.69) is 27.9 Å². The number of imide groups is 1. The second kappa shape index (κ2) is 12.4. The number of anilines is 1. The molecule has 0 aliphatic carbocycles. The number of ether oxygens (including phenoxy) is 2. The summed E-state index contributed by atoms with van der Waals surface area (Å²) < 4.78 is 25.5. The van der Waals surface area contributed by atoms with Gasteiger partial charge in [-0.05, 0) is 94.0 Å². The summed E-state index contributed by atoms with van der Waals surface area (Å²) in [5.74, 6) is -0.828. The molecule has 1 aliphatic rings. The van der Waals surface area contributed by atoms with E-state index in [4.69, 9.17) is 32.7 Å². The van der Waals surface area contributed by atoms with Gasteiger partial charge in [0.25, 0.3) is 11.1 Å². The van der Waals surface area contributed by atoms with Crippen molar-refractivity contribution in [3.05, 3.63) is 90.1 Å². The van der Waals surface area contributed by atoms with Crippen molar-refractivity contribution in [1.29, 1.82) is 0 Å². The Bertz CT molecular complexity index is 1470. The van der Waals surface area contributed by atoms with Gasteiger partial charge in [0.1, 0.15) is 19.0 Å². The zero-order chi connectivity index (χ0) is 27.4. The number of halogens is 4. The lowest BCUT2D eigenvalue weighted by Gasteiger charge is -2.14. The first-order chi connectivity index (χ1) is 18.1. The van der Waals surface area contributed by atoms with Gasteiger partial charge in [0.15, 0.2) is 11.5 Å². The van der Waals surface area contributed by atoms with Crippen LogP contribution in [0.4, 0.5) is 14.9 Å². The molecule has 0 atom stereocenters. The van der Waals surface area contributed by atoms with Gasteiger partial charge < -0.3 is 14.8 Å². The molecule has 1 aliphatic heterocycles. The van der Waals surface area contributed by atoms with Crippen molar-refractivity contribution in [1.82, 2.24) is 4.90 Å². The van der Waals surface area contributed by atoms with Crippen molar-refractivity contribution < 1.29 is 28.2 Å². The number of benzene rings is 3. The number of hydrogen-bond acceptors (Lipinski definition) is 6. The van der Waals surface area contributed by atoms with Crippen molar-refractivity contribution in [2.24, 2.45) is 0 Å². The molecule has 0 bridgehead atoms. The molecule has 196 valence electrons. The van der Waals surface area contributed by atoms with E-state index in [9.17, 15) is 18.8 Å². The van der Waals surface area contributed by atoms with E-state index in [1.807, 2.05) is 0 Å². The maximum absolute atomic E-state index is 13.4. The molecule has 4 rings (SSSR count). The van der Waals surface area contributed by atoms with Gasteiger partial charge in [-0.2, -0.15) is 0 Å². The first-order valence-corrected chi connectivity index (χ1v) is 13.5. The smallest absolute Gasteiger partial charge is 0.294 e. The van der Waals surface area contributed by atoms with Crippen LogP contribution in [0.25, 0.3) is 6.08 Å². The van der Waals surface area contributed by atoms with E-state index in [0.29, 0.717) is 30.7 Å². The minimum Gasteiger partial charge on any atom is -0.493 e. The Hall–Kier alpha value is -2.80. The SMILES string of the molecule is COc1cc(/C=C2/SC(=O)N(CC(=O)Nc3cccc(F)c3)C2=O)cc(I)c1OCc1ccc(Cl)c(Cl)c1. The monoisotopic (exact) mass is 686 g/mol. The molecule has 0 radical (unpaired) electrons. The van der Waals surface area contributed by atoms with E-state index in [1.165, 1.54) is 25.3 Å². The summed E-state index contributed by atoms with van der Waals surface area (Å²) in [7, 11) is 1.49. The summed E-state index contributed by atoms with van der Waals surface area (Å²) in [6.07, 6.45) is 1.54. The van der Waals surface area contributed by atoms with Crippen molar-refractivity contribution in [3.63, 3.8) is 0 Å². The highest BCUT2D eigenvalue weighted by Crippen LogP contribution is 2.38. The molecule has 0 unspecified atom stereocenters. The Morgan fingerprint density at radius 3 is 2.63 bits per heavy atom. The van der Waals surface area contributed by atoms with Gasteiger partial charge >= 0.3 is 0 Å². The fourth-order valence-electron chi connectivity index (χ4n) is 3.45. The number of rotatable bonds is 8. The Morgan fingerprint density at radius 1 is 1.13 bits per heavy atom. The van der Waals surface area contributed by atoms with E-state index < -0.39 is 29.4 Å². The molecule has 0 spiro atoms. The second-order valence-electron chi connectivity index (χ2n) is 7.90. The van der Waals surface area contributed by atoms with Crippen LogP contribution in [0.1, 0.15) is 11.1 Å². The number of nitrogens with zero attached hydrogens (tertiary/aromatic N) is 1. The average molecular weight is 687 g/mol. The number of thioether (sulfide) groups is 1. The van der Waals surface area contributed by atoms with Crippen LogP contribution in [-0.4, -0.2) is 35.6 Å². The fourth-order valence-corrected chi connectivity index (χ4v) is 5.39. The summed E-state index contributed by atoms with van der Waals surface area (Å²) in [5, 5.41) is 2.76. The topological polar surface area (TPSA) is 84.9 Å². The molecule has 1 saturated heterocycles. The lowest BCUT2D eigenvalue weighted by atomic mass is 10.1. The summed E-state index contributed by atoms with van der Waals surface area (Å²) in [4.78, 5) is 38.7. The molecule has 0 saturated carbocycles. The molecule has 12 heteroatoms. The van der Waals surface area contributed by atoms with Gasteiger partial charge in [0.05, 0.1) is 25.6 Å². The Morgan fingerprint density at radius 2 is 1.92 bits per heavy atom. The zero-order valence-electron chi connectivity index (χ0n) is 19.6. The summed E-state index contributed by atoms with van der Waals surface area (Å²) >= 11 is 14.9. The Labute approximate surface area is 245 Å². The van der Waals surface area contributed by atoms with Crippen molar-refractivity contribution >= 4 is 86.4 Å². The quantitative estimate of drug-likeness (QED) is 0.203. The van der Waals surface area contributed by atoms with Gasteiger partial charge in [-0.3, -0.25) is 19.3 Å². The van der Waals surface area contributed by atoms with E-state index in [1.54, 1.807) is 36.4 Å². The van der Waals surface area contributed by atoms with Crippen LogP contribution in [0.15, 0.2) is 59.5 Å². The average Bonchev–Trinajstić information content (AvgIpc) is 3.12. The minimum absolute atomic E-state index is 0.149. The van der Waals surface area contributed by atoms with Crippen LogP contribution in [0.2, 0.25) is 10.0 Å². The van der Waals surface area contributed by atoms with Crippen molar-refractivity contribution in [2.45, 2.75) is 6.61 Å². The zero-order valence-corrected chi connectivity index (χ0v) is 24.1. The predicted molar refractivity (Wildman–Crippen MR) is 154 cm³/mol. The summed E-state index contributed by atoms with van der Waals surface area (Å²) in [6.45, 7) is -0.278. The molecule has 1 N–H and O–H groups in total. The standard InChI is InChI=1S/C26H18Cl2FIN2O5S/c1-36-21-9-15(8-20(30)24(21)37-13-14-5-6-18(27)19(28)7-14)10-22-25(34)32(26(35)38-22)12-23(33)31-17-4-2-3-16(29)11-17/h2-11H,12-13H2,1H3,(H,31,33)/b22-10+. The third-order valence-electron chi connectivity index (χ3n) is 5.20. The normalized spacial score (nSPS) is 14.2. The van der Waals surface area contributed by atoms with Crippen LogP contribution in [0.3, 0.4) is 0 Å². The number of amides is 3. The number of hydrogen-bond donors (Lipinski definition) is 1. The van der Waals surface area contributed by atoms with Crippen LogP contribution < -0.4 is 14.8 Å². The minimum atomic E-state index is -0.626. The van der Waals surface area contributed by atoms with Crippen LogP contribution in [0.5, 0.6) is 11.5 Å². The van der Waals surface area contributed by atoms with Gasteiger partial charge in [0, 0.05) is 5.69 Å². The van der Waals surface area contributed by atoms with Crippen molar-refractivity contribution in [2.75, 3.05) is 19.0 Å². The number of nitrogens with one attached hydrogen (secondary N) is 1. The van der Waals surface area contributed by atoms with E-state index in [-0.39, 0.29) is 17.2 Å². The molecule has 3 amide bonds. The third-order valence-corrected chi connectivity index (χ3v) is 7.65. The maximum atomic E-state index is 13.4. The molecule has 7 nitrogen and oxygen atoms in total. The van der Waals surface area contributed by atoms with Gasteiger partial charge in [-0.15, -0.1) is 0 Å². The molecule has 0 aromatic heterocycles. The van der Waals surface area contributed by atoms with Crippen LogP contribution >= 0.6 is 57.6 Å². The number of carbonyl (C=O) groups is 3. The number of methoxy groups -OCH3 is 1. The summed E-state index contributed by atoms with van der Waals surface area (Å²) in [6, 6.07) is 14.0. The molecule has 1 fully saturated rings. The molecule has 1 heterocycles. The Balaban J connectivity index is 1.47. The van der Waals surface area contributed by atoms with Crippen molar-refractivity contribution in [3.8, 4) is 11.5 Å². The molecule has 3 aromatic carbocycles. The maximum Gasteiger partial charge on any atom is 0.294 e.